The van der Waals surface area contributed by atoms with Gasteiger partial charge in [-0.2, -0.15) is 5.10 Å². The standard InChI is InChI=1S/C15H20N2O/c1-4-12-10-13(5-2)17(16-12)15-9-7-6-8-14(15)11(3)18/h6-11,18H,4-5H2,1-3H3/t11-/m0/s1. The zero-order chi connectivity index (χ0) is 13.1. The Labute approximate surface area is 108 Å². The lowest BCUT2D eigenvalue weighted by Crippen LogP contribution is -2.07. The molecule has 1 N–H and O–H groups in total. The number of aliphatic hydroxyl groups excluding tert-OH is 1. The molecule has 1 aromatic carbocycles. The SMILES string of the molecule is CCc1cc(CC)n(-c2ccccc2[C@H](C)O)n1. The molecule has 2 aromatic rings. The van der Waals surface area contributed by atoms with Crippen LogP contribution in [0.3, 0.4) is 0 Å². The zero-order valence-electron chi connectivity index (χ0n) is 11.2. The van der Waals surface area contributed by atoms with Gasteiger partial charge in [0.05, 0.1) is 17.5 Å². The largest absolute Gasteiger partial charge is 0.389 e. The van der Waals surface area contributed by atoms with Gasteiger partial charge in [-0.25, -0.2) is 4.68 Å². The minimum atomic E-state index is -0.486. The summed E-state index contributed by atoms with van der Waals surface area (Å²) in [4.78, 5) is 0. The van der Waals surface area contributed by atoms with Gasteiger partial charge in [-0.05, 0) is 31.9 Å². The molecular weight excluding hydrogens is 224 g/mol. The van der Waals surface area contributed by atoms with Crippen molar-refractivity contribution >= 4 is 0 Å². The lowest BCUT2D eigenvalue weighted by molar-refractivity contribution is 0.199. The van der Waals surface area contributed by atoms with Crippen molar-refractivity contribution in [1.29, 1.82) is 0 Å². The van der Waals surface area contributed by atoms with Crippen molar-refractivity contribution < 1.29 is 5.11 Å². The molecule has 18 heavy (non-hydrogen) atoms. The summed E-state index contributed by atoms with van der Waals surface area (Å²) in [5, 5.41) is 14.5. The first kappa shape index (κ1) is 12.8. The summed E-state index contributed by atoms with van der Waals surface area (Å²) in [6, 6.07) is 10.0. The molecule has 96 valence electrons. The fourth-order valence-corrected chi connectivity index (χ4v) is 2.14. The Bertz CT molecular complexity index is 529. The Morgan fingerprint density at radius 2 is 1.94 bits per heavy atom. The van der Waals surface area contributed by atoms with Crippen molar-refractivity contribution in [2.75, 3.05) is 0 Å². The van der Waals surface area contributed by atoms with Gasteiger partial charge in [0, 0.05) is 11.3 Å². The van der Waals surface area contributed by atoms with Crippen molar-refractivity contribution in [3.05, 3.63) is 47.3 Å². The van der Waals surface area contributed by atoms with E-state index in [1.54, 1.807) is 6.92 Å². The maximum absolute atomic E-state index is 9.85. The number of nitrogens with zero attached hydrogens (tertiary/aromatic N) is 2. The quantitative estimate of drug-likeness (QED) is 0.897. The van der Waals surface area contributed by atoms with Crippen molar-refractivity contribution in [1.82, 2.24) is 9.78 Å². The van der Waals surface area contributed by atoms with Gasteiger partial charge in [-0.15, -0.1) is 0 Å². The second kappa shape index (κ2) is 5.36. The summed E-state index contributed by atoms with van der Waals surface area (Å²) >= 11 is 0. The molecule has 0 saturated heterocycles. The molecule has 1 heterocycles. The highest BCUT2D eigenvalue weighted by Crippen LogP contribution is 2.23. The van der Waals surface area contributed by atoms with Crippen LogP contribution in [-0.2, 0) is 12.8 Å². The average molecular weight is 244 g/mol. The third-order valence-electron chi connectivity index (χ3n) is 3.17. The smallest absolute Gasteiger partial charge is 0.0782 e. The first-order valence-electron chi connectivity index (χ1n) is 6.52. The molecule has 3 nitrogen and oxygen atoms in total. The Kier molecular flexibility index (Phi) is 3.82. The number of hydrogen-bond acceptors (Lipinski definition) is 2. The van der Waals surface area contributed by atoms with E-state index in [2.05, 4.69) is 25.0 Å². The number of aromatic nitrogens is 2. The number of benzene rings is 1. The van der Waals surface area contributed by atoms with E-state index in [1.807, 2.05) is 28.9 Å². The summed E-state index contributed by atoms with van der Waals surface area (Å²) in [6.45, 7) is 6.01. The number of hydrogen-bond donors (Lipinski definition) is 1. The van der Waals surface area contributed by atoms with E-state index >= 15 is 0 Å². The number of aliphatic hydroxyl groups is 1. The lowest BCUT2D eigenvalue weighted by Gasteiger charge is -2.13. The van der Waals surface area contributed by atoms with Crippen LogP contribution in [0, 0.1) is 0 Å². The van der Waals surface area contributed by atoms with Gasteiger partial charge < -0.3 is 5.11 Å². The van der Waals surface area contributed by atoms with Crippen molar-refractivity contribution in [2.24, 2.45) is 0 Å². The first-order chi connectivity index (χ1) is 8.67. The monoisotopic (exact) mass is 244 g/mol. The maximum Gasteiger partial charge on any atom is 0.0782 e. The van der Waals surface area contributed by atoms with Gasteiger partial charge >= 0.3 is 0 Å². The number of rotatable bonds is 4. The zero-order valence-corrected chi connectivity index (χ0v) is 11.2. The Balaban J connectivity index is 2.57. The van der Waals surface area contributed by atoms with E-state index in [4.69, 9.17) is 0 Å². The Morgan fingerprint density at radius 3 is 2.56 bits per heavy atom. The molecule has 3 heteroatoms. The van der Waals surface area contributed by atoms with Crippen LogP contribution in [0.4, 0.5) is 0 Å². The van der Waals surface area contributed by atoms with E-state index in [0.717, 1.165) is 29.8 Å². The minimum Gasteiger partial charge on any atom is -0.389 e. The van der Waals surface area contributed by atoms with E-state index in [0.29, 0.717) is 0 Å². The van der Waals surface area contributed by atoms with Crippen LogP contribution in [-0.4, -0.2) is 14.9 Å². The van der Waals surface area contributed by atoms with Crippen LogP contribution in [0.2, 0.25) is 0 Å². The molecule has 0 saturated carbocycles. The molecular formula is C15H20N2O. The van der Waals surface area contributed by atoms with E-state index in [-0.39, 0.29) is 0 Å². The van der Waals surface area contributed by atoms with Crippen molar-refractivity contribution in [3.63, 3.8) is 0 Å². The van der Waals surface area contributed by atoms with Crippen LogP contribution < -0.4 is 0 Å². The van der Waals surface area contributed by atoms with Gasteiger partial charge in [0.1, 0.15) is 0 Å². The molecule has 0 aliphatic heterocycles. The normalized spacial score (nSPS) is 12.7. The second-order valence-electron chi connectivity index (χ2n) is 4.48. The van der Waals surface area contributed by atoms with Crippen molar-refractivity contribution in [2.45, 2.75) is 39.7 Å². The molecule has 0 aliphatic carbocycles. The van der Waals surface area contributed by atoms with Gasteiger partial charge in [-0.3, -0.25) is 0 Å². The molecule has 1 aromatic heterocycles. The molecule has 0 radical (unpaired) electrons. The number of aryl methyl sites for hydroxylation is 2. The van der Waals surface area contributed by atoms with Crippen LogP contribution in [0.25, 0.3) is 5.69 Å². The van der Waals surface area contributed by atoms with Gasteiger partial charge in [0.15, 0.2) is 0 Å². The van der Waals surface area contributed by atoms with Crippen LogP contribution >= 0.6 is 0 Å². The fourth-order valence-electron chi connectivity index (χ4n) is 2.14. The van der Waals surface area contributed by atoms with Crippen LogP contribution in [0.1, 0.15) is 43.8 Å². The van der Waals surface area contributed by atoms with E-state index in [1.165, 1.54) is 5.69 Å². The Morgan fingerprint density at radius 1 is 1.22 bits per heavy atom. The summed E-state index contributed by atoms with van der Waals surface area (Å²) in [5.41, 5.74) is 4.16. The molecule has 2 rings (SSSR count). The van der Waals surface area contributed by atoms with E-state index < -0.39 is 6.10 Å². The fraction of sp³-hybridized carbons (Fsp3) is 0.400. The molecule has 1 atom stereocenters. The van der Waals surface area contributed by atoms with Crippen LogP contribution in [0.5, 0.6) is 0 Å². The molecule has 0 amide bonds. The van der Waals surface area contributed by atoms with Gasteiger partial charge in [0.2, 0.25) is 0 Å². The molecule has 0 bridgehead atoms. The average Bonchev–Trinajstić information content (AvgIpc) is 2.81. The predicted molar refractivity (Wildman–Crippen MR) is 73.0 cm³/mol. The summed E-state index contributed by atoms with van der Waals surface area (Å²) in [6.07, 6.45) is 1.37. The highest BCUT2D eigenvalue weighted by Gasteiger charge is 2.13. The summed E-state index contributed by atoms with van der Waals surface area (Å²) in [5.74, 6) is 0. The highest BCUT2D eigenvalue weighted by atomic mass is 16.3. The van der Waals surface area contributed by atoms with E-state index in [9.17, 15) is 5.11 Å². The second-order valence-corrected chi connectivity index (χ2v) is 4.48. The summed E-state index contributed by atoms with van der Waals surface area (Å²) in [7, 11) is 0. The molecule has 0 spiro atoms. The lowest BCUT2D eigenvalue weighted by atomic mass is 10.1. The Hall–Kier alpha value is -1.61. The molecule has 0 unspecified atom stereocenters. The first-order valence-corrected chi connectivity index (χ1v) is 6.52. The van der Waals surface area contributed by atoms with Crippen molar-refractivity contribution in [3.8, 4) is 5.69 Å². The molecule has 0 aliphatic rings. The minimum absolute atomic E-state index is 0.486. The number of para-hydroxylation sites is 1. The van der Waals surface area contributed by atoms with Crippen LogP contribution in [0.15, 0.2) is 30.3 Å². The summed E-state index contributed by atoms with van der Waals surface area (Å²) < 4.78 is 1.96. The predicted octanol–water partition coefficient (Wildman–Crippen LogP) is 3.05. The highest BCUT2D eigenvalue weighted by molar-refractivity contribution is 5.43. The van der Waals surface area contributed by atoms with Gasteiger partial charge in [0.25, 0.3) is 0 Å². The third kappa shape index (κ3) is 2.31. The molecule has 0 fully saturated rings. The third-order valence-corrected chi connectivity index (χ3v) is 3.17. The maximum atomic E-state index is 9.85. The topological polar surface area (TPSA) is 38.0 Å². The van der Waals surface area contributed by atoms with Gasteiger partial charge in [-0.1, -0.05) is 32.0 Å².